The van der Waals surface area contributed by atoms with Crippen LogP contribution in [0.3, 0.4) is 0 Å². The first-order valence-electron chi connectivity index (χ1n) is 15.4. The number of nitrogens with zero attached hydrogens (tertiary/aromatic N) is 1. The number of carboxylic acid groups (broad SMARTS) is 1. The molecular weight excluding hydrogens is 588 g/mol. The van der Waals surface area contributed by atoms with E-state index in [1.807, 2.05) is 38.1 Å². The number of hydrogen-bond donors (Lipinski definition) is 3. The number of carbonyl (C=O) groups is 1. The average molecular weight is 633 g/mol. The molecule has 2 aromatic rings. The fourth-order valence-electron chi connectivity index (χ4n) is 6.41. The molecule has 0 aromatic heterocycles. The smallest absolute Gasteiger partial charge is 0.335 e. The molecule has 4 rings (SSSR count). The summed E-state index contributed by atoms with van der Waals surface area (Å²) in [6, 6.07) is 10.9. The maximum atomic E-state index is 12.0. The van der Waals surface area contributed by atoms with Crippen molar-refractivity contribution in [2.45, 2.75) is 83.2 Å². The van der Waals surface area contributed by atoms with E-state index >= 15 is 0 Å². The standard InChI is InChI=1S/C33H45ClN2O6S/c1-3-7-32(43(35,40)41)22(2)8-6-10-30(37)28-15-12-25(28)20-36-17-5-4-9-23-18-27(34)14-11-26(23)21-42-31-16-13-24(33(38)39)19-29(31)36/h6,10-11,13-14,16,18-19,22,25,28,30,32,37H,3-5,7-9,12,15,17,20-21H2,1-2H3,(H,38,39)(H2,35,40,41)/b10-6+/t22-,25-,28+,30-,32+/m0/s1. The molecule has 0 unspecified atom stereocenters. The second-order valence-corrected chi connectivity index (χ2v) is 14.4. The molecule has 8 nitrogen and oxygen atoms in total. The van der Waals surface area contributed by atoms with Crippen LogP contribution in [-0.4, -0.2) is 49.0 Å². The Morgan fingerprint density at radius 3 is 2.65 bits per heavy atom. The van der Waals surface area contributed by atoms with Gasteiger partial charge < -0.3 is 19.8 Å². The maximum Gasteiger partial charge on any atom is 0.335 e. The number of aliphatic hydroxyl groups is 1. The van der Waals surface area contributed by atoms with Gasteiger partial charge in [0.25, 0.3) is 0 Å². The lowest BCUT2D eigenvalue weighted by Crippen LogP contribution is -2.43. The van der Waals surface area contributed by atoms with Crippen molar-refractivity contribution in [3.05, 3.63) is 70.3 Å². The minimum Gasteiger partial charge on any atom is -0.487 e. The van der Waals surface area contributed by atoms with Gasteiger partial charge in [0.05, 0.1) is 22.6 Å². The van der Waals surface area contributed by atoms with Crippen LogP contribution in [0.25, 0.3) is 0 Å². The molecule has 1 saturated carbocycles. The van der Waals surface area contributed by atoms with Crippen LogP contribution >= 0.6 is 11.6 Å². The van der Waals surface area contributed by atoms with Crippen LogP contribution in [0.2, 0.25) is 5.02 Å². The van der Waals surface area contributed by atoms with E-state index in [2.05, 4.69) is 4.90 Å². The van der Waals surface area contributed by atoms with Gasteiger partial charge in [-0.1, -0.05) is 50.1 Å². The molecule has 43 heavy (non-hydrogen) atoms. The second kappa shape index (κ2) is 14.9. The third kappa shape index (κ3) is 8.75. The summed E-state index contributed by atoms with van der Waals surface area (Å²) < 4.78 is 30.4. The first-order valence-corrected chi connectivity index (χ1v) is 17.3. The van der Waals surface area contributed by atoms with Gasteiger partial charge in [0, 0.05) is 18.1 Å². The molecule has 0 saturated heterocycles. The Labute approximate surface area is 260 Å². The highest BCUT2D eigenvalue weighted by atomic mass is 35.5. The summed E-state index contributed by atoms with van der Waals surface area (Å²) in [5.41, 5.74) is 3.20. The number of halogens is 1. The number of primary sulfonamides is 1. The molecule has 2 aliphatic rings. The summed E-state index contributed by atoms with van der Waals surface area (Å²) in [7, 11) is -3.63. The van der Waals surface area contributed by atoms with E-state index in [1.165, 1.54) is 0 Å². The zero-order valence-electron chi connectivity index (χ0n) is 25.1. The first kappa shape index (κ1) is 33.3. The minimum atomic E-state index is -3.63. The number of hydrogen-bond acceptors (Lipinski definition) is 6. The summed E-state index contributed by atoms with van der Waals surface area (Å²) in [5, 5.41) is 26.4. The van der Waals surface area contributed by atoms with E-state index in [0.29, 0.717) is 36.8 Å². The van der Waals surface area contributed by atoms with Crippen molar-refractivity contribution in [1.29, 1.82) is 0 Å². The molecule has 0 spiro atoms. The van der Waals surface area contributed by atoms with E-state index in [-0.39, 0.29) is 23.3 Å². The molecule has 1 aliphatic heterocycles. The number of fused-ring (bicyclic) bond motifs is 2. The van der Waals surface area contributed by atoms with Crippen LogP contribution in [0.1, 0.15) is 80.3 Å². The lowest BCUT2D eigenvalue weighted by molar-refractivity contribution is 0.0461. The van der Waals surface area contributed by atoms with Crippen molar-refractivity contribution < 1.29 is 28.2 Å². The normalized spacial score (nSPS) is 21.5. The van der Waals surface area contributed by atoms with Crippen LogP contribution in [0.4, 0.5) is 5.69 Å². The summed E-state index contributed by atoms with van der Waals surface area (Å²) in [6.07, 6.45) is 9.42. The Balaban J connectivity index is 1.48. The SMILES string of the molecule is CCC[C@H]([C@@H](C)C/C=C/[C@H](O)[C@@H]1CC[C@H]1CN1CCCCc2cc(Cl)ccc2COc2ccc(C(=O)O)cc21)S(N)(=O)=O. The highest BCUT2D eigenvalue weighted by Gasteiger charge is 2.37. The van der Waals surface area contributed by atoms with Crippen LogP contribution in [0.5, 0.6) is 5.75 Å². The van der Waals surface area contributed by atoms with E-state index in [0.717, 1.165) is 61.9 Å². The van der Waals surface area contributed by atoms with Crippen molar-refractivity contribution in [1.82, 2.24) is 0 Å². The number of nitrogens with two attached hydrogens (primary N) is 1. The lowest BCUT2D eigenvalue weighted by Gasteiger charge is -2.42. The maximum absolute atomic E-state index is 12.0. The fraction of sp³-hybridized carbons (Fsp3) is 0.545. The number of sulfonamides is 1. The van der Waals surface area contributed by atoms with Gasteiger partial charge in [-0.05, 0) is 104 Å². The zero-order valence-corrected chi connectivity index (χ0v) is 26.7. The summed E-state index contributed by atoms with van der Waals surface area (Å²) in [4.78, 5) is 14.1. The van der Waals surface area contributed by atoms with Crippen molar-refractivity contribution >= 4 is 33.3 Å². The number of aromatic carboxylic acids is 1. The molecule has 2 aromatic carbocycles. The predicted molar refractivity (Wildman–Crippen MR) is 171 cm³/mol. The van der Waals surface area contributed by atoms with Gasteiger partial charge in [-0.3, -0.25) is 0 Å². The number of allylic oxidation sites excluding steroid dienone is 1. The Morgan fingerprint density at radius 1 is 1.19 bits per heavy atom. The van der Waals surface area contributed by atoms with E-state index in [4.69, 9.17) is 21.5 Å². The molecule has 0 amide bonds. The van der Waals surface area contributed by atoms with Crippen molar-refractivity contribution in [2.24, 2.45) is 22.9 Å². The number of anilines is 1. The number of benzene rings is 2. The summed E-state index contributed by atoms with van der Waals surface area (Å²) in [5.74, 6) is -0.216. The Kier molecular flexibility index (Phi) is 11.6. The molecule has 1 fully saturated rings. The number of rotatable bonds is 11. The number of aliphatic hydroxyl groups excluding tert-OH is 1. The van der Waals surface area contributed by atoms with Gasteiger partial charge in [-0.15, -0.1) is 0 Å². The summed E-state index contributed by atoms with van der Waals surface area (Å²) in [6.45, 7) is 5.60. The van der Waals surface area contributed by atoms with Gasteiger partial charge >= 0.3 is 5.97 Å². The first-order chi connectivity index (χ1) is 20.5. The highest BCUT2D eigenvalue weighted by Crippen LogP contribution is 2.41. The van der Waals surface area contributed by atoms with Gasteiger partial charge in [0.2, 0.25) is 10.0 Å². The van der Waals surface area contributed by atoms with Crippen molar-refractivity contribution in [2.75, 3.05) is 18.0 Å². The van der Waals surface area contributed by atoms with Crippen LogP contribution < -0.4 is 14.8 Å². The van der Waals surface area contributed by atoms with Crippen molar-refractivity contribution in [3.8, 4) is 5.75 Å². The molecule has 5 atom stereocenters. The number of ether oxygens (including phenoxy) is 1. The molecule has 4 N–H and O–H groups in total. The topological polar surface area (TPSA) is 130 Å². The molecule has 236 valence electrons. The van der Waals surface area contributed by atoms with Gasteiger partial charge in [0.1, 0.15) is 12.4 Å². The molecule has 0 radical (unpaired) electrons. The van der Waals surface area contributed by atoms with Gasteiger partial charge in [-0.25, -0.2) is 18.4 Å². The Morgan fingerprint density at radius 2 is 1.98 bits per heavy atom. The third-order valence-electron chi connectivity index (χ3n) is 9.06. The fourth-order valence-corrected chi connectivity index (χ4v) is 7.93. The lowest BCUT2D eigenvalue weighted by atomic mass is 9.70. The van der Waals surface area contributed by atoms with Gasteiger partial charge in [0.15, 0.2) is 0 Å². The quantitative estimate of drug-likeness (QED) is 0.252. The van der Waals surface area contributed by atoms with E-state index in [9.17, 15) is 23.4 Å². The van der Waals surface area contributed by atoms with Crippen LogP contribution in [-0.2, 0) is 23.1 Å². The van der Waals surface area contributed by atoms with Crippen molar-refractivity contribution in [3.63, 3.8) is 0 Å². The zero-order chi connectivity index (χ0) is 31.1. The van der Waals surface area contributed by atoms with Crippen LogP contribution in [0.15, 0.2) is 48.6 Å². The van der Waals surface area contributed by atoms with Crippen LogP contribution in [0, 0.1) is 17.8 Å². The van der Waals surface area contributed by atoms with Gasteiger partial charge in [-0.2, -0.15) is 0 Å². The molecular formula is C33H45ClN2O6S. The third-order valence-corrected chi connectivity index (χ3v) is 10.8. The molecule has 1 aliphatic carbocycles. The van der Waals surface area contributed by atoms with E-state index < -0.39 is 27.3 Å². The Bertz CT molecular complexity index is 1400. The minimum absolute atomic E-state index is 0.0628. The highest BCUT2D eigenvalue weighted by molar-refractivity contribution is 7.89. The molecule has 10 heteroatoms. The number of aryl methyl sites for hydroxylation is 1. The Hall–Kier alpha value is -2.59. The molecule has 1 heterocycles. The predicted octanol–water partition coefficient (Wildman–Crippen LogP) is 6.19. The monoisotopic (exact) mass is 632 g/mol. The number of carboxylic acids is 1. The van der Waals surface area contributed by atoms with E-state index in [1.54, 1.807) is 24.3 Å². The average Bonchev–Trinajstić information content (AvgIpc) is 2.96. The molecule has 0 bridgehead atoms. The largest absolute Gasteiger partial charge is 0.487 e. The second-order valence-electron chi connectivity index (χ2n) is 12.1. The summed E-state index contributed by atoms with van der Waals surface area (Å²) >= 11 is 6.28.